The van der Waals surface area contributed by atoms with Crippen LogP contribution in [-0.4, -0.2) is 22.0 Å². The first-order valence-corrected chi connectivity index (χ1v) is 6.13. The van der Waals surface area contributed by atoms with Gasteiger partial charge >= 0.3 is 0 Å². The molecule has 0 unspecified atom stereocenters. The summed E-state index contributed by atoms with van der Waals surface area (Å²) in [7, 11) is 0. The van der Waals surface area contributed by atoms with Crippen molar-refractivity contribution in [3.8, 4) is 0 Å². The molecule has 6 heteroatoms. The van der Waals surface area contributed by atoms with Crippen LogP contribution in [0.25, 0.3) is 0 Å². The number of hydrogen-bond donors (Lipinski definition) is 3. The van der Waals surface area contributed by atoms with Crippen LogP contribution in [0.1, 0.15) is 38.3 Å². The summed E-state index contributed by atoms with van der Waals surface area (Å²) < 4.78 is 0. The second kappa shape index (κ2) is 4.80. The summed E-state index contributed by atoms with van der Waals surface area (Å²) in [6.07, 6.45) is 1.50. The van der Waals surface area contributed by atoms with Crippen LogP contribution in [0.3, 0.4) is 0 Å². The monoisotopic (exact) mass is 250 g/mol. The Hall–Kier alpha value is -1.85. The summed E-state index contributed by atoms with van der Waals surface area (Å²) in [5.74, 6) is 0.485. The number of aromatic amines is 1. The summed E-state index contributed by atoms with van der Waals surface area (Å²) in [5, 5.41) is 9.69. The minimum Gasteiger partial charge on any atom is -0.369 e. The van der Waals surface area contributed by atoms with E-state index in [9.17, 15) is 9.59 Å². The zero-order valence-electron chi connectivity index (χ0n) is 10.6. The molecule has 2 rings (SSSR count). The third-order valence-electron chi connectivity index (χ3n) is 3.34. The molecule has 4 N–H and O–H groups in total. The van der Waals surface area contributed by atoms with Gasteiger partial charge < -0.3 is 11.1 Å². The van der Waals surface area contributed by atoms with E-state index in [-0.39, 0.29) is 29.6 Å². The lowest BCUT2D eigenvalue weighted by atomic mass is 9.73. The summed E-state index contributed by atoms with van der Waals surface area (Å²) in [6, 6.07) is 1.82. The van der Waals surface area contributed by atoms with E-state index < -0.39 is 0 Å². The number of carbonyl (C=O) groups excluding carboxylic acids is 2. The Morgan fingerprint density at radius 1 is 1.50 bits per heavy atom. The van der Waals surface area contributed by atoms with E-state index >= 15 is 0 Å². The van der Waals surface area contributed by atoms with Crippen molar-refractivity contribution in [3.63, 3.8) is 0 Å². The topological polar surface area (TPSA) is 101 Å². The molecule has 0 saturated heterocycles. The molecule has 0 bridgehead atoms. The van der Waals surface area contributed by atoms with Gasteiger partial charge in [-0.2, -0.15) is 5.10 Å². The number of rotatable bonds is 4. The number of carbonyl (C=O) groups is 2. The van der Waals surface area contributed by atoms with E-state index in [2.05, 4.69) is 15.5 Å². The highest BCUT2D eigenvalue weighted by Gasteiger charge is 2.35. The van der Waals surface area contributed by atoms with Gasteiger partial charge in [0.2, 0.25) is 11.8 Å². The molecule has 98 valence electrons. The molecule has 1 aliphatic carbocycles. The fourth-order valence-electron chi connectivity index (χ4n) is 1.98. The van der Waals surface area contributed by atoms with Crippen LogP contribution in [0.2, 0.25) is 0 Å². The molecule has 18 heavy (non-hydrogen) atoms. The van der Waals surface area contributed by atoms with Crippen LogP contribution in [0.5, 0.6) is 0 Å². The molecule has 0 spiro atoms. The lowest BCUT2D eigenvalue weighted by molar-refractivity contribution is -0.124. The molecule has 0 aromatic carbocycles. The number of nitrogens with two attached hydrogens (primary N) is 1. The van der Waals surface area contributed by atoms with Crippen molar-refractivity contribution in [2.24, 2.45) is 17.6 Å². The third kappa shape index (κ3) is 2.52. The maximum absolute atomic E-state index is 11.5. The number of nitrogens with one attached hydrogen (secondary N) is 2. The van der Waals surface area contributed by atoms with Crippen LogP contribution in [-0.2, 0) is 9.59 Å². The quantitative estimate of drug-likeness (QED) is 0.742. The highest BCUT2D eigenvalue weighted by atomic mass is 16.2. The SMILES string of the molecule is CC(C)C(=O)Nc1cc(C2CC(C(N)=O)C2)n[nH]1. The van der Waals surface area contributed by atoms with Crippen LogP contribution in [0, 0.1) is 11.8 Å². The molecule has 1 heterocycles. The van der Waals surface area contributed by atoms with Gasteiger partial charge in [-0.05, 0) is 12.8 Å². The van der Waals surface area contributed by atoms with E-state index in [0.29, 0.717) is 5.82 Å². The Labute approximate surface area is 105 Å². The lowest BCUT2D eigenvalue weighted by Crippen LogP contribution is -2.33. The van der Waals surface area contributed by atoms with Crippen molar-refractivity contribution < 1.29 is 9.59 Å². The van der Waals surface area contributed by atoms with Gasteiger partial charge in [0, 0.05) is 23.8 Å². The van der Waals surface area contributed by atoms with Crippen LogP contribution in [0.4, 0.5) is 5.82 Å². The number of aromatic nitrogens is 2. The van der Waals surface area contributed by atoms with Crippen molar-refractivity contribution in [1.29, 1.82) is 0 Å². The van der Waals surface area contributed by atoms with E-state index in [0.717, 1.165) is 18.5 Å². The predicted molar refractivity (Wildman–Crippen MR) is 66.7 cm³/mol. The van der Waals surface area contributed by atoms with Gasteiger partial charge in [0.25, 0.3) is 0 Å². The van der Waals surface area contributed by atoms with Gasteiger partial charge in [-0.3, -0.25) is 14.7 Å². The number of hydrogen-bond acceptors (Lipinski definition) is 3. The first kappa shape index (κ1) is 12.6. The third-order valence-corrected chi connectivity index (χ3v) is 3.34. The second-order valence-corrected chi connectivity index (χ2v) is 5.12. The predicted octanol–water partition coefficient (Wildman–Crippen LogP) is 0.983. The lowest BCUT2D eigenvalue weighted by Gasteiger charge is -2.31. The normalized spacial score (nSPS) is 22.6. The molecule has 0 radical (unpaired) electrons. The zero-order chi connectivity index (χ0) is 13.3. The highest BCUT2D eigenvalue weighted by molar-refractivity contribution is 5.91. The van der Waals surface area contributed by atoms with Gasteiger partial charge in [-0.25, -0.2) is 0 Å². The summed E-state index contributed by atoms with van der Waals surface area (Å²) in [5.41, 5.74) is 6.10. The maximum Gasteiger partial charge on any atom is 0.228 e. The zero-order valence-corrected chi connectivity index (χ0v) is 10.6. The fourth-order valence-corrected chi connectivity index (χ4v) is 1.98. The average Bonchev–Trinajstić information content (AvgIpc) is 2.63. The van der Waals surface area contributed by atoms with Gasteiger partial charge in [0.05, 0.1) is 5.69 Å². The standard InChI is InChI=1S/C12H18N4O2/c1-6(2)12(18)14-10-5-9(15-16-10)7-3-8(4-7)11(13)17/h5-8H,3-4H2,1-2H3,(H2,13,17)(H2,14,15,16,18). The molecule has 1 aromatic heterocycles. The number of amides is 2. The van der Waals surface area contributed by atoms with Gasteiger partial charge in [0.15, 0.2) is 0 Å². The molecule has 2 amide bonds. The molecule has 1 saturated carbocycles. The molecule has 0 atom stereocenters. The molecular formula is C12H18N4O2. The molecule has 0 aliphatic heterocycles. The Balaban J connectivity index is 1.92. The number of primary amides is 1. The van der Waals surface area contributed by atoms with E-state index in [1.54, 1.807) is 0 Å². The Kier molecular flexibility index (Phi) is 3.36. The fraction of sp³-hybridized carbons (Fsp3) is 0.583. The van der Waals surface area contributed by atoms with Crippen LogP contribution < -0.4 is 11.1 Å². The maximum atomic E-state index is 11.5. The smallest absolute Gasteiger partial charge is 0.228 e. The van der Waals surface area contributed by atoms with E-state index in [4.69, 9.17) is 5.73 Å². The second-order valence-electron chi connectivity index (χ2n) is 5.12. The average molecular weight is 250 g/mol. The van der Waals surface area contributed by atoms with Crippen molar-refractivity contribution in [2.45, 2.75) is 32.6 Å². The van der Waals surface area contributed by atoms with Crippen molar-refractivity contribution >= 4 is 17.6 Å². The summed E-state index contributed by atoms with van der Waals surface area (Å²) >= 11 is 0. The van der Waals surface area contributed by atoms with Crippen LogP contribution in [0.15, 0.2) is 6.07 Å². The van der Waals surface area contributed by atoms with E-state index in [1.807, 2.05) is 19.9 Å². The summed E-state index contributed by atoms with van der Waals surface area (Å²) in [4.78, 5) is 22.4. The van der Waals surface area contributed by atoms with Gasteiger partial charge in [-0.1, -0.05) is 13.8 Å². The van der Waals surface area contributed by atoms with Gasteiger partial charge in [-0.15, -0.1) is 0 Å². The van der Waals surface area contributed by atoms with E-state index in [1.165, 1.54) is 0 Å². The van der Waals surface area contributed by atoms with Crippen LogP contribution >= 0.6 is 0 Å². The molecule has 1 aromatic rings. The molecule has 6 nitrogen and oxygen atoms in total. The minimum absolute atomic E-state index is 0.0274. The largest absolute Gasteiger partial charge is 0.369 e. The Bertz CT molecular complexity index is 460. The number of H-pyrrole nitrogens is 1. The first-order chi connectivity index (χ1) is 8.47. The minimum atomic E-state index is -0.241. The first-order valence-electron chi connectivity index (χ1n) is 6.13. The number of nitrogens with zero attached hydrogens (tertiary/aromatic N) is 1. The van der Waals surface area contributed by atoms with Crippen molar-refractivity contribution in [1.82, 2.24) is 10.2 Å². The van der Waals surface area contributed by atoms with Gasteiger partial charge in [0.1, 0.15) is 5.82 Å². The Morgan fingerprint density at radius 2 is 2.17 bits per heavy atom. The highest BCUT2D eigenvalue weighted by Crippen LogP contribution is 2.40. The molecule has 1 aliphatic rings. The molecular weight excluding hydrogens is 232 g/mol. The molecule has 1 fully saturated rings. The Morgan fingerprint density at radius 3 is 2.72 bits per heavy atom. The van der Waals surface area contributed by atoms with Crippen molar-refractivity contribution in [2.75, 3.05) is 5.32 Å². The van der Waals surface area contributed by atoms with Crippen molar-refractivity contribution in [3.05, 3.63) is 11.8 Å². The summed E-state index contributed by atoms with van der Waals surface area (Å²) in [6.45, 7) is 3.66. The number of anilines is 1.